The number of nitrogens with zero attached hydrogens (tertiary/aromatic N) is 1. The highest BCUT2D eigenvalue weighted by molar-refractivity contribution is 6.31. The monoisotopic (exact) mass is 507 g/mol. The van der Waals surface area contributed by atoms with E-state index < -0.39 is 29.5 Å². The van der Waals surface area contributed by atoms with Gasteiger partial charge in [0, 0.05) is 21.8 Å². The van der Waals surface area contributed by atoms with Crippen molar-refractivity contribution in [3.63, 3.8) is 0 Å². The molecule has 0 saturated heterocycles. The number of hydrogen-bond donors (Lipinski definition) is 3. The molecule has 0 radical (unpaired) electrons. The average molecular weight is 508 g/mol. The highest BCUT2D eigenvalue weighted by Gasteiger charge is 2.57. The van der Waals surface area contributed by atoms with Crippen molar-refractivity contribution in [2.45, 2.75) is 32.8 Å². The molecule has 1 aromatic heterocycles. The van der Waals surface area contributed by atoms with Gasteiger partial charge in [-0.15, -0.1) is 0 Å². The van der Waals surface area contributed by atoms with E-state index >= 15 is 0 Å². The number of aliphatic carboxylic acids is 1. The van der Waals surface area contributed by atoms with Gasteiger partial charge in [-0.2, -0.15) is 0 Å². The predicted octanol–water partition coefficient (Wildman–Crippen LogP) is 5.15. The second kappa shape index (κ2) is 10.1. The SMILES string of the molecule is Cc1noc(C#Cc2ccc(NC(=O)C3(C(=O)O)CC3)cc2)c1NC(=O)OC(C)c1ccccc1Cl. The topological polar surface area (TPSA) is 131 Å². The second-order valence-electron chi connectivity index (χ2n) is 8.33. The summed E-state index contributed by atoms with van der Waals surface area (Å²) < 4.78 is 10.7. The third-order valence-corrected chi connectivity index (χ3v) is 6.12. The number of benzene rings is 2. The summed E-state index contributed by atoms with van der Waals surface area (Å²) in [6, 6.07) is 13.7. The number of aromatic nitrogens is 1. The van der Waals surface area contributed by atoms with Gasteiger partial charge in [0.25, 0.3) is 0 Å². The minimum atomic E-state index is -1.32. The zero-order valence-corrected chi connectivity index (χ0v) is 20.2. The lowest BCUT2D eigenvalue weighted by Crippen LogP contribution is -2.31. The van der Waals surface area contributed by atoms with Gasteiger partial charge in [0.1, 0.15) is 22.9 Å². The van der Waals surface area contributed by atoms with Crippen molar-refractivity contribution in [2.24, 2.45) is 5.41 Å². The molecule has 9 nitrogen and oxygen atoms in total. The quantitative estimate of drug-likeness (QED) is 0.310. The molecule has 4 rings (SSSR count). The number of anilines is 2. The number of carbonyl (C=O) groups excluding carboxylic acids is 2. The molecule has 2 aromatic carbocycles. The van der Waals surface area contributed by atoms with E-state index in [0.717, 1.165) is 0 Å². The van der Waals surface area contributed by atoms with Gasteiger partial charge in [0.15, 0.2) is 0 Å². The van der Waals surface area contributed by atoms with Crippen LogP contribution in [-0.2, 0) is 14.3 Å². The smallest absolute Gasteiger partial charge is 0.412 e. The van der Waals surface area contributed by atoms with Crippen molar-refractivity contribution < 1.29 is 28.8 Å². The van der Waals surface area contributed by atoms with E-state index in [2.05, 4.69) is 27.6 Å². The minimum absolute atomic E-state index is 0.143. The van der Waals surface area contributed by atoms with Crippen molar-refractivity contribution in [3.8, 4) is 11.8 Å². The highest BCUT2D eigenvalue weighted by atomic mass is 35.5. The summed E-state index contributed by atoms with van der Waals surface area (Å²) in [4.78, 5) is 36.0. The molecule has 1 saturated carbocycles. The number of nitrogens with one attached hydrogen (secondary N) is 2. The van der Waals surface area contributed by atoms with E-state index in [1.54, 1.807) is 62.4 Å². The van der Waals surface area contributed by atoms with Gasteiger partial charge in [-0.1, -0.05) is 40.9 Å². The van der Waals surface area contributed by atoms with E-state index in [0.29, 0.717) is 40.4 Å². The lowest BCUT2D eigenvalue weighted by Gasteiger charge is -2.15. The van der Waals surface area contributed by atoms with E-state index in [1.807, 2.05) is 0 Å². The van der Waals surface area contributed by atoms with Crippen LogP contribution in [0.1, 0.15) is 48.5 Å². The Morgan fingerprint density at radius 1 is 1.11 bits per heavy atom. The number of ether oxygens (including phenoxy) is 1. The van der Waals surface area contributed by atoms with E-state index in [4.69, 9.17) is 20.9 Å². The van der Waals surface area contributed by atoms with E-state index in [1.165, 1.54) is 0 Å². The Hall–Kier alpha value is -4.29. The van der Waals surface area contributed by atoms with Gasteiger partial charge < -0.3 is 19.7 Å². The van der Waals surface area contributed by atoms with Crippen LogP contribution >= 0.6 is 11.6 Å². The minimum Gasteiger partial charge on any atom is -0.480 e. The molecule has 1 atom stereocenters. The van der Waals surface area contributed by atoms with Crippen LogP contribution in [0.25, 0.3) is 0 Å². The maximum Gasteiger partial charge on any atom is 0.412 e. The van der Waals surface area contributed by atoms with Crippen molar-refractivity contribution in [1.82, 2.24) is 5.16 Å². The Kier molecular flexibility index (Phi) is 6.99. The van der Waals surface area contributed by atoms with Crippen LogP contribution in [0.15, 0.2) is 53.1 Å². The summed E-state index contributed by atoms with van der Waals surface area (Å²) in [5, 5.41) is 18.8. The lowest BCUT2D eigenvalue weighted by atomic mass is 10.1. The zero-order chi connectivity index (χ0) is 25.9. The molecule has 36 heavy (non-hydrogen) atoms. The molecule has 184 valence electrons. The predicted molar refractivity (Wildman–Crippen MR) is 132 cm³/mol. The average Bonchev–Trinajstić information content (AvgIpc) is 3.60. The van der Waals surface area contributed by atoms with Crippen LogP contribution in [0.2, 0.25) is 5.02 Å². The number of carboxylic acid groups (broad SMARTS) is 1. The molecule has 10 heteroatoms. The zero-order valence-electron chi connectivity index (χ0n) is 19.4. The van der Waals surface area contributed by atoms with Crippen molar-refractivity contribution >= 4 is 40.9 Å². The number of carboxylic acids is 1. The normalized spacial score (nSPS) is 14.1. The van der Waals surface area contributed by atoms with E-state index in [9.17, 15) is 19.5 Å². The Morgan fingerprint density at radius 2 is 1.81 bits per heavy atom. The van der Waals surface area contributed by atoms with Crippen LogP contribution in [-0.4, -0.2) is 28.2 Å². The molecule has 2 amide bonds. The van der Waals surface area contributed by atoms with Crippen LogP contribution < -0.4 is 10.6 Å². The molecule has 3 aromatic rings. The maximum absolute atomic E-state index is 12.5. The number of halogens is 1. The molecule has 1 fully saturated rings. The Bertz CT molecular complexity index is 1380. The van der Waals surface area contributed by atoms with Crippen LogP contribution in [0.4, 0.5) is 16.2 Å². The molecule has 1 unspecified atom stereocenters. The number of amides is 2. The lowest BCUT2D eigenvalue weighted by molar-refractivity contribution is -0.147. The third kappa shape index (κ3) is 5.34. The molecule has 1 heterocycles. The first-order valence-electron chi connectivity index (χ1n) is 11.0. The molecular weight excluding hydrogens is 486 g/mol. The summed E-state index contributed by atoms with van der Waals surface area (Å²) in [5.74, 6) is 4.23. The summed E-state index contributed by atoms with van der Waals surface area (Å²) in [5.41, 5.74) is 1.12. The maximum atomic E-state index is 12.5. The molecule has 1 aliphatic rings. The first-order chi connectivity index (χ1) is 17.2. The second-order valence-corrected chi connectivity index (χ2v) is 8.74. The molecule has 0 aliphatic heterocycles. The van der Waals surface area contributed by atoms with Crippen molar-refractivity contribution in [2.75, 3.05) is 10.6 Å². The van der Waals surface area contributed by atoms with Crippen LogP contribution in [0.3, 0.4) is 0 Å². The van der Waals surface area contributed by atoms with Crippen LogP contribution in [0, 0.1) is 24.2 Å². The van der Waals surface area contributed by atoms with Crippen molar-refractivity contribution in [3.05, 3.63) is 76.1 Å². The van der Waals surface area contributed by atoms with Gasteiger partial charge in [-0.3, -0.25) is 14.9 Å². The fraction of sp³-hybridized carbons (Fsp3) is 0.231. The number of aryl methyl sites for hydroxylation is 1. The van der Waals surface area contributed by atoms with Gasteiger partial charge in [-0.05, 0) is 62.9 Å². The standard InChI is InChI=1S/C26H22ClN3O6/c1-15-22(29-25(34)35-16(2)19-5-3-4-6-20(19)27)21(36-30-15)12-9-17-7-10-18(11-8-17)28-23(31)26(13-14-26)24(32)33/h3-8,10-11,16H,13-14H2,1-2H3,(H,28,31)(H,29,34)(H,32,33). The van der Waals surface area contributed by atoms with Gasteiger partial charge in [-0.25, -0.2) is 4.79 Å². The first kappa shape index (κ1) is 24.8. The highest BCUT2D eigenvalue weighted by Crippen LogP contribution is 2.46. The summed E-state index contributed by atoms with van der Waals surface area (Å²) in [6.45, 7) is 3.36. The summed E-state index contributed by atoms with van der Waals surface area (Å²) in [7, 11) is 0. The third-order valence-electron chi connectivity index (χ3n) is 5.77. The summed E-state index contributed by atoms with van der Waals surface area (Å²) >= 11 is 6.17. The fourth-order valence-electron chi connectivity index (χ4n) is 3.44. The first-order valence-corrected chi connectivity index (χ1v) is 11.4. The molecule has 3 N–H and O–H groups in total. The molecule has 0 bridgehead atoms. The molecule has 1 aliphatic carbocycles. The summed E-state index contributed by atoms with van der Waals surface area (Å²) in [6.07, 6.45) is -0.641. The van der Waals surface area contributed by atoms with E-state index in [-0.39, 0.29) is 11.4 Å². The largest absolute Gasteiger partial charge is 0.480 e. The Balaban J connectivity index is 1.40. The van der Waals surface area contributed by atoms with Gasteiger partial charge in [0.2, 0.25) is 11.7 Å². The van der Waals surface area contributed by atoms with Gasteiger partial charge >= 0.3 is 12.1 Å². The number of carbonyl (C=O) groups is 3. The van der Waals surface area contributed by atoms with Gasteiger partial charge in [0.05, 0.1) is 0 Å². The Morgan fingerprint density at radius 3 is 2.44 bits per heavy atom. The molecule has 0 spiro atoms. The number of rotatable bonds is 6. The molecular formula is C26H22ClN3O6. The van der Waals surface area contributed by atoms with Crippen molar-refractivity contribution in [1.29, 1.82) is 0 Å². The fourth-order valence-corrected chi connectivity index (χ4v) is 3.73. The van der Waals surface area contributed by atoms with Crippen LogP contribution in [0.5, 0.6) is 0 Å². The Labute approximate surface area is 211 Å². The number of hydrogen-bond acceptors (Lipinski definition) is 6.